The average Bonchev–Trinajstić information content (AvgIpc) is 3.98. The lowest BCUT2D eigenvalue weighted by molar-refractivity contribution is 0.738. The summed E-state index contributed by atoms with van der Waals surface area (Å²) < 4.78 is 4.77. The van der Waals surface area contributed by atoms with Gasteiger partial charge in [-0.25, -0.2) is 9.97 Å². The molecule has 2 aliphatic carbocycles. The van der Waals surface area contributed by atoms with Crippen molar-refractivity contribution in [1.29, 1.82) is 0 Å². The van der Waals surface area contributed by atoms with Crippen LogP contribution in [0.3, 0.4) is 0 Å². The van der Waals surface area contributed by atoms with Crippen LogP contribution in [0.2, 0.25) is 0 Å². The Kier molecular flexibility index (Phi) is 12.7. The molecule has 7 nitrogen and oxygen atoms in total. The van der Waals surface area contributed by atoms with Crippen molar-refractivity contribution >= 4 is 34.0 Å². The first kappa shape index (κ1) is 40.1. The molecule has 7 heteroatoms. The van der Waals surface area contributed by atoms with Crippen LogP contribution in [0.1, 0.15) is 153 Å². The van der Waals surface area contributed by atoms with Crippen LogP contribution in [0, 0.1) is 0 Å². The van der Waals surface area contributed by atoms with Gasteiger partial charge in [-0.2, -0.15) is 0 Å². The maximum atomic E-state index is 5.01. The zero-order valence-corrected chi connectivity index (χ0v) is 34.5. The maximum absolute atomic E-state index is 5.01. The van der Waals surface area contributed by atoms with E-state index in [-0.39, 0.29) is 5.48 Å². The SMILES string of the molecule is CC(C)c1cccc(C(C)C)c1-n1c(NC2CCCC2)nc2ccccc21.CC(C)c1cccc(C(C)C)c1-n1c(NC2CCCC2)nc2ccccc21.O. The molecule has 2 fully saturated rings. The van der Waals surface area contributed by atoms with Gasteiger partial charge in [-0.3, -0.25) is 9.13 Å². The summed E-state index contributed by atoms with van der Waals surface area (Å²) in [6.07, 6.45) is 10.2. The zero-order chi connectivity index (χ0) is 37.9. The Morgan fingerprint density at radius 2 is 0.764 bits per heavy atom. The number of benzene rings is 4. The van der Waals surface area contributed by atoms with E-state index in [1.807, 2.05) is 0 Å². The first-order valence-electron chi connectivity index (χ1n) is 20.9. The molecule has 2 aliphatic rings. The molecule has 2 saturated carbocycles. The molecule has 0 radical (unpaired) electrons. The van der Waals surface area contributed by atoms with Gasteiger partial charge >= 0.3 is 0 Å². The minimum atomic E-state index is 0. The highest BCUT2D eigenvalue weighted by Crippen LogP contribution is 2.38. The van der Waals surface area contributed by atoms with Gasteiger partial charge in [0.25, 0.3) is 0 Å². The van der Waals surface area contributed by atoms with Crippen LogP contribution in [0.4, 0.5) is 11.9 Å². The number of hydrogen-bond acceptors (Lipinski definition) is 4. The highest BCUT2D eigenvalue weighted by molar-refractivity contribution is 5.83. The van der Waals surface area contributed by atoms with Crippen LogP contribution in [0.25, 0.3) is 33.4 Å². The van der Waals surface area contributed by atoms with E-state index in [1.54, 1.807) is 0 Å². The summed E-state index contributed by atoms with van der Waals surface area (Å²) in [5.41, 5.74) is 12.7. The van der Waals surface area contributed by atoms with Crippen molar-refractivity contribution in [1.82, 2.24) is 19.1 Å². The molecule has 8 rings (SSSR count). The van der Waals surface area contributed by atoms with Gasteiger partial charge in [0.05, 0.1) is 33.4 Å². The van der Waals surface area contributed by atoms with Gasteiger partial charge in [-0.1, -0.05) is 142 Å². The van der Waals surface area contributed by atoms with Crippen LogP contribution in [-0.4, -0.2) is 36.7 Å². The number of imidazole rings is 2. The normalized spacial score (nSPS) is 15.1. The van der Waals surface area contributed by atoms with Gasteiger partial charge in [0, 0.05) is 12.1 Å². The van der Waals surface area contributed by atoms with E-state index < -0.39 is 0 Å². The fourth-order valence-electron chi connectivity index (χ4n) is 8.74. The topological polar surface area (TPSA) is 91.2 Å². The molecule has 4 N–H and O–H groups in total. The molecule has 0 unspecified atom stereocenters. The first-order chi connectivity index (χ1) is 26.1. The summed E-state index contributed by atoms with van der Waals surface area (Å²) in [5.74, 6) is 3.83. The van der Waals surface area contributed by atoms with Crippen molar-refractivity contribution in [2.24, 2.45) is 0 Å². The molecule has 0 saturated heterocycles. The smallest absolute Gasteiger partial charge is 0.208 e. The molecule has 0 aliphatic heterocycles. The third kappa shape index (κ3) is 8.33. The third-order valence-corrected chi connectivity index (χ3v) is 11.6. The third-order valence-electron chi connectivity index (χ3n) is 11.6. The Labute approximate surface area is 329 Å². The van der Waals surface area contributed by atoms with Gasteiger partial charge in [-0.15, -0.1) is 0 Å². The quantitative estimate of drug-likeness (QED) is 0.146. The number of nitrogens with one attached hydrogen (secondary N) is 2. The molecule has 292 valence electrons. The number of hydrogen-bond donors (Lipinski definition) is 2. The highest BCUT2D eigenvalue weighted by atomic mass is 16.0. The van der Waals surface area contributed by atoms with E-state index in [4.69, 9.17) is 9.97 Å². The fourth-order valence-corrected chi connectivity index (χ4v) is 8.74. The Hall–Kier alpha value is -4.62. The Balaban J connectivity index is 0.000000184. The Morgan fingerprint density at radius 1 is 0.455 bits per heavy atom. The zero-order valence-electron chi connectivity index (χ0n) is 34.5. The van der Waals surface area contributed by atoms with Crippen LogP contribution >= 0.6 is 0 Å². The molecule has 0 atom stereocenters. The number of aromatic nitrogens is 4. The molecular weight excluding hydrogens is 677 g/mol. The van der Waals surface area contributed by atoms with Crippen LogP contribution in [-0.2, 0) is 0 Å². The van der Waals surface area contributed by atoms with Gasteiger partial charge in [0.15, 0.2) is 0 Å². The van der Waals surface area contributed by atoms with Crippen molar-refractivity contribution in [3.8, 4) is 11.4 Å². The fraction of sp³-hybridized carbons (Fsp3) is 0.458. The van der Waals surface area contributed by atoms with E-state index in [2.05, 4.69) is 160 Å². The van der Waals surface area contributed by atoms with E-state index in [9.17, 15) is 0 Å². The largest absolute Gasteiger partial charge is 0.412 e. The second-order valence-electron chi connectivity index (χ2n) is 17.0. The van der Waals surface area contributed by atoms with Gasteiger partial charge in [0.2, 0.25) is 11.9 Å². The number of nitrogens with zero attached hydrogens (tertiary/aromatic N) is 4. The number of rotatable bonds is 10. The second-order valence-corrected chi connectivity index (χ2v) is 17.0. The number of para-hydroxylation sites is 6. The average molecular weight is 741 g/mol. The lowest BCUT2D eigenvalue weighted by Crippen LogP contribution is -2.19. The molecule has 4 aromatic carbocycles. The first-order valence-corrected chi connectivity index (χ1v) is 20.9. The van der Waals surface area contributed by atoms with E-state index in [0.717, 1.165) is 22.9 Å². The minimum Gasteiger partial charge on any atom is -0.412 e. The van der Waals surface area contributed by atoms with Gasteiger partial charge in [0.1, 0.15) is 0 Å². The molecule has 0 bridgehead atoms. The summed E-state index contributed by atoms with van der Waals surface area (Å²) in [6.45, 7) is 18.3. The van der Waals surface area contributed by atoms with Crippen LogP contribution < -0.4 is 10.6 Å². The predicted molar refractivity (Wildman–Crippen MR) is 234 cm³/mol. The molecule has 55 heavy (non-hydrogen) atoms. The molecule has 2 aromatic heterocycles. The summed E-state index contributed by atoms with van der Waals surface area (Å²) in [6, 6.07) is 31.6. The summed E-state index contributed by atoms with van der Waals surface area (Å²) in [4.78, 5) is 10.0. The van der Waals surface area contributed by atoms with E-state index in [1.165, 1.54) is 96.0 Å². The lowest BCUT2D eigenvalue weighted by Gasteiger charge is -2.23. The standard InChI is InChI=1S/2C24H31N3.H2O/c2*1-16(2)19-12-9-13-20(17(3)4)23(19)27-22-15-8-7-14-21(22)26-24(27)25-18-10-5-6-11-18;/h2*7-9,12-18H,5-6,10-11H2,1-4H3,(H,25,26);1H2. The van der Waals surface area contributed by atoms with Crippen molar-refractivity contribution in [3.05, 3.63) is 107 Å². The van der Waals surface area contributed by atoms with E-state index in [0.29, 0.717) is 35.8 Å². The Bertz CT molecular complexity index is 1970. The summed E-state index contributed by atoms with van der Waals surface area (Å²) in [7, 11) is 0. The molecule has 0 amide bonds. The second kappa shape index (κ2) is 17.5. The van der Waals surface area contributed by atoms with Gasteiger partial charge < -0.3 is 16.1 Å². The monoisotopic (exact) mass is 741 g/mol. The molecule has 6 aromatic rings. The minimum absolute atomic E-state index is 0. The summed E-state index contributed by atoms with van der Waals surface area (Å²) >= 11 is 0. The van der Waals surface area contributed by atoms with Crippen molar-refractivity contribution < 1.29 is 5.48 Å². The molecule has 0 spiro atoms. The van der Waals surface area contributed by atoms with E-state index >= 15 is 0 Å². The van der Waals surface area contributed by atoms with Crippen LogP contribution in [0.15, 0.2) is 84.9 Å². The lowest BCUT2D eigenvalue weighted by atomic mass is 9.92. The van der Waals surface area contributed by atoms with Gasteiger partial charge in [-0.05, 0) is 95.9 Å². The molecular formula is C48H64N6O. The maximum Gasteiger partial charge on any atom is 0.208 e. The molecule has 2 heterocycles. The van der Waals surface area contributed by atoms with Crippen LogP contribution in [0.5, 0.6) is 0 Å². The predicted octanol–water partition coefficient (Wildman–Crippen LogP) is 12.4. The number of fused-ring (bicyclic) bond motifs is 2. The van der Waals surface area contributed by atoms with Crippen molar-refractivity contribution in [2.45, 2.75) is 143 Å². The van der Waals surface area contributed by atoms with Crippen molar-refractivity contribution in [3.63, 3.8) is 0 Å². The highest BCUT2D eigenvalue weighted by Gasteiger charge is 2.25. The Morgan fingerprint density at radius 3 is 1.07 bits per heavy atom. The van der Waals surface area contributed by atoms with Crippen molar-refractivity contribution in [2.75, 3.05) is 10.6 Å². The number of anilines is 2. The summed E-state index contributed by atoms with van der Waals surface area (Å²) in [5, 5.41) is 7.56.